The van der Waals surface area contributed by atoms with Crippen LogP contribution in [0.2, 0.25) is 0 Å². The number of aryl methyl sites for hydroxylation is 2. The number of hydrogen-bond donors (Lipinski definition) is 2. The summed E-state index contributed by atoms with van der Waals surface area (Å²) in [5.41, 5.74) is 8.08. The predicted molar refractivity (Wildman–Crippen MR) is 146 cm³/mol. The summed E-state index contributed by atoms with van der Waals surface area (Å²) >= 11 is -2.10. The van der Waals surface area contributed by atoms with E-state index in [1.807, 2.05) is 0 Å². The van der Waals surface area contributed by atoms with Gasteiger partial charge in [0.15, 0.2) is 0 Å². The third-order valence-corrected chi connectivity index (χ3v) is 13.4. The Kier molecular flexibility index (Phi) is 11.5. The van der Waals surface area contributed by atoms with Crippen molar-refractivity contribution in [2.75, 3.05) is 0 Å². The Bertz CT molecular complexity index is 986. The van der Waals surface area contributed by atoms with Gasteiger partial charge in [-0.25, -0.2) is 0 Å². The van der Waals surface area contributed by atoms with Crippen molar-refractivity contribution in [3.63, 3.8) is 0 Å². The summed E-state index contributed by atoms with van der Waals surface area (Å²) in [6, 6.07) is 17.7. The average Bonchev–Trinajstić information content (AvgIpc) is 3.44. The van der Waals surface area contributed by atoms with E-state index < -0.39 is 21.0 Å². The zero-order valence-corrected chi connectivity index (χ0v) is 25.2. The Morgan fingerprint density at radius 2 is 0.941 bits per heavy atom. The van der Waals surface area contributed by atoms with Gasteiger partial charge in [-0.1, -0.05) is 0 Å². The second-order valence-electron chi connectivity index (χ2n) is 9.46. The molecule has 0 aromatic heterocycles. The van der Waals surface area contributed by atoms with Crippen molar-refractivity contribution >= 4 is 15.4 Å². The zero-order chi connectivity index (χ0) is 25.3. The molecular weight excluding hydrogens is 583 g/mol. The van der Waals surface area contributed by atoms with Crippen LogP contribution in [0.25, 0.3) is 11.1 Å². The van der Waals surface area contributed by atoms with Crippen molar-refractivity contribution < 1.29 is 31.2 Å². The molecule has 2 aliphatic rings. The van der Waals surface area contributed by atoms with E-state index >= 15 is 0 Å². The Hall–Kier alpha value is -1.94. The first-order chi connectivity index (χ1) is 16.1. The quantitative estimate of drug-likeness (QED) is 0.355. The van der Waals surface area contributed by atoms with Crippen LogP contribution in [0.4, 0.5) is 0 Å². The zero-order valence-electron chi connectivity index (χ0n) is 21.6. The molecular formula is C31H40HfO2. The number of allylic oxidation sites excluding steroid dienone is 8. The molecule has 0 radical (unpaired) electrons. The molecule has 2 aliphatic carbocycles. The molecule has 180 valence electrons. The van der Waals surface area contributed by atoms with E-state index in [0.717, 1.165) is 12.8 Å². The summed E-state index contributed by atoms with van der Waals surface area (Å²) in [6.07, 6.45) is 11.5. The van der Waals surface area contributed by atoms with Gasteiger partial charge in [0.25, 0.3) is 0 Å². The summed E-state index contributed by atoms with van der Waals surface area (Å²) in [6.45, 7) is 11.2. The maximum absolute atomic E-state index is 8.06. The summed E-state index contributed by atoms with van der Waals surface area (Å²) in [7, 11) is 0. The molecule has 0 saturated heterocycles. The van der Waals surface area contributed by atoms with E-state index in [1.165, 1.54) is 33.4 Å². The molecule has 0 aliphatic heterocycles. The number of aliphatic hydroxyl groups is 2. The van der Waals surface area contributed by atoms with Gasteiger partial charge in [0.1, 0.15) is 0 Å². The van der Waals surface area contributed by atoms with E-state index in [-0.39, 0.29) is 12.2 Å². The molecule has 2 N–H and O–H groups in total. The summed E-state index contributed by atoms with van der Waals surface area (Å²) in [5.74, 6) is 0. The van der Waals surface area contributed by atoms with Gasteiger partial charge in [-0.05, 0) is 27.7 Å². The molecule has 0 spiro atoms. The minimum atomic E-state index is -2.10. The first kappa shape index (κ1) is 28.3. The van der Waals surface area contributed by atoms with E-state index in [0.29, 0.717) is 0 Å². The van der Waals surface area contributed by atoms with E-state index in [1.54, 1.807) is 34.4 Å². The van der Waals surface area contributed by atoms with Crippen molar-refractivity contribution in [3.8, 4) is 0 Å². The second-order valence-corrected chi connectivity index (χ2v) is 17.5. The SMILES string of the molecule is CC(C)O.CC(C)O.[CH2]=[Hf]([C]1=CC(c2ccc(C)cc2)=CC1)[C]1=CC(c2ccc(C)cc2)=CC1. The first-order valence-corrected chi connectivity index (χ1v) is 18.2. The molecule has 2 aromatic rings. The van der Waals surface area contributed by atoms with Crippen molar-refractivity contribution in [1.29, 1.82) is 0 Å². The van der Waals surface area contributed by atoms with Gasteiger partial charge < -0.3 is 10.2 Å². The fourth-order valence-electron chi connectivity index (χ4n) is 3.57. The maximum atomic E-state index is 8.06. The summed E-state index contributed by atoms with van der Waals surface area (Å²) < 4.78 is 7.97. The van der Waals surface area contributed by atoms with Gasteiger partial charge in [-0.2, -0.15) is 0 Å². The Balaban J connectivity index is 0.000000446. The number of hydrogen-bond acceptors (Lipinski definition) is 2. The van der Waals surface area contributed by atoms with E-state index in [2.05, 4.69) is 86.7 Å². The molecule has 34 heavy (non-hydrogen) atoms. The third-order valence-electron chi connectivity index (χ3n) is 5.29. The molecule has 4 rings (SSSR count). The molecule has 0 amide bonds. The average molecular weight is 623 g/mol. The first-order valence-electron chi connectivity index (χ1n) is 12.1. The van der Waals surface area contributed by atoms with Crippen LogP contribution in [0.1, 0.15) is 62.8 Å². The molecule has 0 unspecified atom stereocenters. The molecule has 0 fully saturated rings. The van der Waals surface area contributed by atoms with Crippen LogP contribution >= 0.6 is 0 Å². The van der Waals surface area contributed by atoms with Gasteiger partial charge in [0.2, 0.25) is 0 Å². The number of aliphatic hydroxyl groups excluding tert-OH is 2. The van der Waals surface area contributed by atoms with Crippen LogP contribution in [-0.2, 0) is 21.0 Å². The van der Waals surface area contributed by atoms with Gasteiger partial charge in [-0.3, -0.25) is 0 Å². The minimum absolute atomic E-state index is 0.167. The van der Waals surface area contributed by atoms with Crippen LogP contribution in [0.5, 0.6) is 0 Å². The second kappa shape index (κ2) is 13.8. The van der Waals surface area contributed by atoms with Gasteiger partial charge in [0.05, 0.1) is 0 Å². The molecule has 0 bridgehead atoms. The van der Waals surface area contributed by atoms with E-state index in [4.69, 9.17) is 14.5 Å². The molecule has 2 aromatic carbocycles. The predicted octanol–water partition coefficient (Wildman–Crippen LogP) is 7.17. The van der Waals surface area contributed by atoms with Crippen LogP contribution in [0, 0.1) is 13.8 Å². The summed E-state index contributed by atoms with van der Waals surface area (Å²) in [4.78, 5) is 0. The van der Waals surface area contributed by atoms with Gasteiger partial charge >= 0.3 is 165 Å². The molecule has 0 atom stereocenters. The molecule has 2 nitrogen and oxygen atoms in total. The summed E-state index contributed by atoms with van der Waals surface area (Å²) in [5, 5.41) is 16.1. The fourth-order valence-corrected chi connectivity index (χ4v) is 9.93. The van der Waals surface area contributed by atoms with Gasteiger partial charge in [0, 0.05) is 12.2 Å². The van der Waals surface area contributed by atoms with Crippen molar-refractivity contribution in [1.82, 2.24) is 0 Å². The standard InChI is InChI=1S/2C12H11.2C3H8O.CH2.Hf/c2*1-10-6-8-12(9-7-10)11-4-2-3-5-11;2*1-3(2)4;;/h2*4-9H,2H2,1H3;2*3-4H,1-2H3;1H2;. The fraction of sp³-hybridized carbons (Fsp3) is 0.323. The van der Waals surface area contributed by atoms with Crippen LogP contribution in [0.15, 0.2) is 79.5 Å². The molecule has 0 saturated carbocycles. The monoisotopic (exact) mass is 624 g/mol. The van der Waals surface area contributed by atoms with Crippen LogP contribution in [-0.4, -0.2) is 26.7 Å². The van der Waals surface area contributed by atoms with Crippen molar-refractivity contribution in [3.05, 3.63) is 102 Å². The topological polar surface area (TPSA) is 40.5 Å². The normalized spacial score (nSPS) is 14.4. The third kappa shape index (κ3) is 9.37. The molecule has 0 heterocycles. The van der Waals surface area contributed by atoms with Crippen molar-refractivity contribution in [2.24, 2.45) is 0 Å². The number of rotatable bonds is 4. The number of benzene rings is 2. The Morgan fingerprint density at radius 3 is 1.24 bits per heavy atom. The Labute approximate surface area is 214 Å². The van der Waals surface area contributed by atoms with Crippen molar-refractivity contribution in [2.45, 2.75) is 66.6 Å². The van der Waals surface area contributed by atoms with Crippen LogP contribution in [0.3, 0.4) is 0 Å². The molecule has 3 heteroatoms. The van der Waals surface area contributed by atoms with Crippen LogP contribution < -0.4 is 0 Å². The van der Waals surface area contributed by atoms with Gasteiger partial charge in [-0.15, -0.1) is 0 Å². The van der Waals surface area contributed by atoms with E-state index in [9.17, 15) is 0 Å². The Morgan fingerprint density at radius 1 is 0.647 bits per heavy atom.